The molecule has 2 unspecified atom stereocenters. The molecule has 0 saturated heterocycles. The molecule has 0 spiro atoms. The van der Waals surface area contributed by atoms with E-state index in [9.17, 15) is 19.5 Å². The van der Waals surface area contributed by atoms with Gasteiger partial charge in [-0.2, -0.15) is 0 Å². The highest BCUT2D eigenvalue weighted by molar-refractivity contribution is 5.95. The van der Waals surface area contributed by atoms with Gasteiger partial charge in [0, 0.05) is 23.9 Å². The monoisotopic (exact) mass is 517 g/mol. The minimum absolute atomic E-state index is 0.00318. The van der Waals surface area contributed by atoms with Crippen molar-refractivity contribution in [3.8, 4) is 16.9 Å². The van der Waals surface area contributed by atoms with Crippen LogP contribution in [0.5, 0.6) is 5.75 Å². The van der Waals surface area contributed by atoms with Gasteiger partial charge in [-0.25, -0.2) is 0 Å². The number of rotatable bonds is 6. The lowest BCUT2D eigenvalue weighted by Crippen LogP contribution is -2.52. The Balaban J connectivity index is 1.31. The summed E-state index contributed by atoms with van der Waals surface area (Å²) >= 11 is 0. The van der Waals surface area contributed by atoms with Crippen LogP contribution in [0.25, 0.3) is 11.1 Å². The maximum absolute atomic E-state index is 13.7. The fourth-order valence-electron chi connectivity index (χ4n) is 6.00. The van der Waals surface area contributed by atoms with Gasteiger partial charge in [0.2, 0.25) is 5.91 Å². The Bertz CT molecular complexity index is 1500. The van der Waals surface area contributed by atoms with E-state index in [2.05, 4.69) is 5.32 Å². The number of carboxylic acids is 1. The summed E-state index contributed by atoms with van der Waals surface area (Å²) < 4.78 is 5.94. The van der Waals surface area contributed by atoms with Crippen LogP contribution < -0.4 is 10.1 Å². The third-order valence-electron chi connectivity index (χ3n) is 7.87. The zero-order valence-electron chi connectivity index (χ0n) is 21.1. The van der Waals surface area contributed by atoms with Crippen molar-refractivity contribution in [2.45, 2.75) is 24.7 Å². The first kappa shape index (κ1) is 24.6. The van der Waals surface area contributed by atoms with E-state index in [1.165, 1.54) is 0 Å². The van der Waals surface area contributed by atoms with Crippen LogP contribution >= 0.6 is 0 Å². The number of ether oxygens (including phenoxy) is 1. The number of benzene rings is 4. The molecule has 1 aliphatic heterocycles. The molecule has 194 valence electrons. The molecule has 0 aromatic heterocycles. The molecule has 6 heteroatoms. The average Bonchev–Trinajstić information content (AvgIpc) is 2.93. The second kappa shape index (κ2) is 10.2. The summed E-state index contributed by atoms with van der Waals surface area (Å²) in [6.45, 7) is 0. The number of anilines is 1. The third-order valence-corrected chi connectivity index (χ3v) is 7.87. The number of nitrogens with one attached hydrogen (secondary N) is 1. The van der Waals surface area contributed by atoms with Crippen molar-refractivity contribution < 1.29 is 24.2 Å². The van der Waals surface area contributed by atoms with Gasteiger partial charge in [0.15, 0.2) is 0 Å². The van der Waals surface area contributed by atoms with Crippen LogP contribution in [0.2, 0.25) is 0 Å². The molecular formula is C33H27NO5. The van der Waals surface area contributed by atoms with Crippen LogP contribution in [0.15, 0.2) is 103 Å². The molecule has 0 bridgehead atoms. The predicted molar refractivity (Wildman–Crippen MR) is 147 cm³/mol. The highest BCUT2D eigenvalue weighted by atomic mass is 16.5. The van der Waals surface area contributed by atoms with E-state index in [0.29, 0.717) is 18.6 Å². The molecule has 0 radical (unpaired) electrons. The highest BCUT2D eigenvalue weighted by Gasteiger charge is 2.59. The topological polar surface area (TPSA) is 92.7 Å². The molecule has 2 N–H and O–H groups in total. The zero-order chi connectivity index (χ0) is 26.9. The first-order chi connectivity index (χ1) is 19.0. The van der Waals surface area contributed by atoms with Gasteiger partial charge in [0.1, 0.15) is 5.75 Å². The molecule has 39 heavy (non-hydrogen) atoms. The number of carbonyl (C=O) groups is 3. The zero-order valence-corrected chi connectivity index (χ0v) is 21.1. The Morgan fingerprint density at radius 2 is 1.36 bits per heavy atom. The van der Waals surface area contributed by atoms with Gasteiger partial charge < -0.3 is 15.2 Å². The number of aliphatic carboxylic acids is 1. The third kappa shape index (κ3) is 4.70. The number of carbonyl (C=O) groups excluding carboxylic acids is 2. The Kier molecular flexibility index (Phi) is 6.45. The Labute approximate surface area is 226 Å². The number of carboxylic acid groups (broad SMARTS) is 1. The normalized spacial score (nSPS) is 21.7. The summed E-state index contributed by atoms with van der Waals surface area (Å²) in [4.78, 5) is 38.0. The fourth-order valence-corrected chi connectivity index (χ4v) is 6.00. The van der Waals surface area contributed by atoms with Gasteiger partial charge in [-0.3, -0.25) is 14.4 Å². The van der Waals surface area contributed by atoms with Crippen LogP contribution in [0.1, 0.15) is 34.9 Å². The lowest BCUT2D eigenvalue weighted by molar-refractivity contribution is -0.158. The summed E-state index contributed by atoms with van der Waals surface area (Å²) in [6, 6.07) is 31.9. The number of esters is 1. The second-order valence-electron chi connectivity index (χ2n) is 10.1. The Morgan fingerprint density at radius 1 is 0.718 bits per heavy atom. The number of amides is 1. The smallest absolute Gasteiger partial charge is 0.315 e. The number of fused-ring (bicyclic) bond motifs is 1. The van der Waals surface area contributed by atoms with Crippen molar-refractivity contribution >= 4 is 23.5 Å². The van der Waals surface area contributed by atoms with Gasteiger partial charge in [-0.05, 0) is 52.4 Å². The lowest BCUT2D eigenvalue weighted by Gasteiger charge is -2.48. The molecule has 6 nitrogen and oxygen atoms in total. The standard InChI is InChI=1S/C33H27NO5/c35-27-17-16-20-14-15-24(19-26(20)34-27)23-12-7-13-25(18-23)39-33(38)31-28(21-8-3-1-4-9-21)30(32(36)37)29(31)22-10-5-2-6-11-22/h1-15,18-19,28-31H,16-17H2,(H,34,35)(H,36,37)/t28-,29?,30-,31?/m0/s1. The van der Waals surface area contributed by atoms with E-state index in [-0.39, 0.29) is 5.91 Å². The van der Waals surface area contributed by atoms with Crippen molar-refractivity contribution in [3.05, 3.63) is 120 Å². The first-order valence-corrected chi connectivity index (χ1v) is 13.1. The summed E-state index contributed by atoms with van der Waals surface area (Å²) in [7, 11) is 0. The van der Waals surface area contributed by atoms with Gasteiger partial charge in [0.05, 0.1) is 11.8 Å². The summed E-state index contributed by atoms with van der Waals surface area (Å²) in [5.74, 6) is -3.40. The molecule has 4 aromatic rings. The first-order valence-electron chi connectivity index (χ1n) is 13.1. The Hall–Kier alpha value is -4.71. The number of hydrogen-bond donors (Lipinski definition) is 2. The van der Waals surface area contributed by atoms with E-state index >= 15 is 0 Å². The van der Waals surface area contributed by atoms with Crippen LogP contribution in [-0.2, 0) is 20.8 Å². The van der Waals surface area contributed by atoms with Crippen LogP contribution in [-0.4, -0.2) is 23.0 Å². The van der Waals surface area contributed by atoms with Gasteiger partial charge in [0.25, 0.3) is 0 Å². The van der Waals surface area contributed by atoms with Crippen molar-refractivity contribution in [2.75, 3.05) is 5.32 Å². The highest BCUT2D eigenvalue weighted by Crippen LogP contribution is 2.58. The molecule has 4 atom stereocenters. The van der Waals surface area contributed by atoms with Gasteiger partial charge >= 0.3 is 11.9 Å². The maximum atomic E-state index is 13.7. The van der Waals surface area contributed by atoms with Crippen molar-refractivity contribution in [1.82, 2.24) is 0 Å². The largest absolute Gasteiger partial charge is 0.481 e. The minimum atomic E-state index is -0.928. The van der Waals surface area contributed by atoms with Gasteiger partial charge in [-0.1, -0.05) is 84.9 Å². The lowest BCUT2D eigenvalue weighted by atomic mass is 9.52. The number of aryl methyl sites for hydroxylation is 1. The molecule has 2 aliphatic rings. The molecule has 4 aromatic carbocycles. The number of hydrogen-bond acceptors (Lipinski definition) is 4. The summed E-state index contributed by atoms with van der Waals surface area (Å²) in [6.07, 6.45) is 1.19. The van der Waals surface area contributed by atoms with Gasteiger partial charge in [-0.15, -0.1) is 0 Å². The molecule has 6 rings (SSSR count). The molecule has 1 amide bonds. The molecule has 1 heterocycles. The van der Waals surface area contributed by atoms with Crippen molar-refractivity contribution in [2.24, 2.45) is 11.8 Å². The van der Waals surface area contributed by atoms with E-state index in [0.717, 1.165) is 33.5 Å². The molecule has 1 aliphatic carbocycles. The SMILES string of the molecule is O=C1CCc2ccc(-c3cccc(OC(=O)C4C(c5ccccc5)[C@@H](C(=O)O)[C@@H]4c4ccccc4)c3)cc2N1. The van der Waals surface area contributed by atoms with Crippen LogP contribution in [0, 0.1) is 11.8 Å². The van der Waals surface area contributed by atoms with E-state index in [1.807, 2.05) is 91.0 Å². The predicted octanol–water partition coefficient (Wildman–Crippen LogP) is 6.04. The molecular weight excluding hydrogens is 490 g/mol. The van der Waals surface area contributed by atoms with Crippen molar-refractivity contribution in [3.63, 3.8) is 0 Å². The quantitative estimate of drug-likeness (QED) is 0.240. The summed E-state index contributed by atoms with van der Waals surface area (Å²) in [5, 5.41) is 13.1. The van der Waals surface area contributed by atoms with E-state index < -0.39 is 35.6 Å². The average molecular weight is 518 g/mol. The fraction of sp³-hybridized carbons (Fsp3) is 0.182. The molecule has 1 saturated carbocycles. The minimum Gasteiger partial charge on any atom is -0.481 e. The molecule has 1 fully saturated rings. The van der Waals surface area contributed by atoms with E-state index in [4.69, 9.17) is 4.74 Å². The summed E-state index contributed by atoms with van der Waals surface area (Å²) in [5.41, 5.74) is 5.26. The van der Waals surface area contributed by atoms with Crippen LogP contribution in [0.3, 0.4) is 0 Å². The van der Waals surface area contributed by atoms with Crippen molar-refractivity contribution in [1.29, 1.82) is 0 Å². The second-order valence-corrected chi connectivity index (χ2v) is 10.1. The Morgan fingerprint density at radius 3 is 2.00 bits per heavy atom. The maximum Gasteiger partial charge on any atom is 0.315 e. The van der Waals surface area contributed by atoms with E-state index in [1.54, 1.807) is 12.1 Å². The van der Waals surface area contributed by atoms with Crippen LogP contribution in [0.4, 0.5) is 5.69 Å².